The zero-order chi connectivity index (χ0) is 21.9. The quantitative estimate of drug-likeness (QED) is 0.713. The molecule has 1 aromatic carbocycles. The van der Waals surface area contributed by atoms with E-state index in [-0.39, 0.29) is 22.0 Å². The number of methoxy groups -OCH3 is 1. The maximum atomic E-state index is 13.1. The lowest BCUT2D eigenvalue weighted by atomic mass is 10.2. The number of anilines is 1. The molecule has 1 atom stereocenters. The van der Waals surface area contributed by atoms with E-state index < -0.39 is 39.8 Å². The van der Waals surface area contributed by atoms with Crippen LogP contribution >= 0.6 is 11.3 Å². The van der Waals surface area contributed by atoms with Gasteiger partial charge in [-0.2, -0.15) is 4.31 Å². The first-order chi connectivity index (χ1) is 14.2. The molecule has 3 rings (SSSR count). The maximum absolute atomic E-state index is 13.1. The molecule has 1 fully saturated rings. The molecule has 160 valence electrons. The molecule has 2 heterocycles. The molecule has 12 heteroatoms. The molecule has 2 aromatic rings. The molecule has 3 amide bonds. The SMILES string of the molecule is COC(=O)NC(=O)c1ccsc1NC(=O)C1CCCN1S(=O)(=O)c1ccc(F)cc1. The minimum atomic E-state index is -4.01. The lowest BCUT2D eigenvalue weighted by Gasteiger charge is -2.23. The number of sulfonamides is 1. The Balaban J connectivity index is 1.77. The number of rotatable bonds is 5. The van der Waals surface area contributed by atoms with Crippen molar-refractivity contribution < 1.29 is 31.9 Å². The van der Waals surface area contributed by atoms with Gasteiger partial charge >= 0.3 is 6.09 Å². The first-order valence-corrected chi connectivity index (χ1v) is 11.1. The summed E-state index contributed by atoms with van der Waals surface area (Å²) in [4.78, 5) is 36.1. The molecule has 1 aliphatic heterocycles. The summed E-state index contributed by atoms with van der Waals surface area (Å²) in [5, 5.41) is 6.28. The minimum Gasteiger partial charge on any atom is -0.453 e. The average Bonchev–Trinajstić information content (AvgIpc) is 3.38. The molecule has 0 radical (unpaired) electrons. The van der Waals surface area contributed by atoms with Crippen molar-refractivity contribution in [3.63, 3.8) is 0 Å². The van der Waals surface area contributed by atoms with Crippen molar-refractivity contribution in [2.75, 3.05) is 19.0 Å². The lowest BCUT2D eigenvalue weighted by Crippen LogP contribution is -2.43. The van der Waals surface area contributed by atoms with E-state index in [0.29, 0.717) is 12.8 Å². The second-order valence-electron chi connectivity index (χ2n) is 6.33. The van der Waals surface area contributed by atoms with Gasteiger partial charge in [0.15, 0.2) is 0 Å². The number of amides is 3. The highest BCUT2D eigenvalue weighted by atomic mass is 32.2. The fourth-order valence-electron chi connectivity index (χ4n) is 3.02. The van der Waals surface area contributed by atoms with Gasteiger partial charge in [0, 0.05) is 6.54 Å². The van der Waals surface area contributed by atoms with Crippen molar-refractivity contribution in [2.24, 2.45) is 0 Å². The summed E-state index contributed by atoms with van der Waals surface area (Å²) in [7, 11) is -2.90. The number of hydrogen-bond donors (Lipinski definition) is 2. The summed E-state index contributed by atoms with van der Waals surface area (Å²) in [6, 6.07) is 4.80. The molecule has 2 N–H and O–H groups in total. The van der Waals surface area contributed by atoms with E-state index in [2.05, 4.69) is 10.1 Å². The van der Waals surface area contributed by atoms with Gasteiger partial charge in [-0.25, -0.2) is 17.6 Å². The normalized spacial score (nSPS) is 16.8. The molecular formula is C18H18FN3O6S2. The number of imide groups is 1. The van der Waals surface area contributed by atoms with Crippen molar-refractivity contribution in [1.82, 2.24) is 9.62 Å². The topological polar surface area (TPSA) is 122 Å². The maximum Gasteiger partial charge on any atom is 0.413 e. The van der Waals surface area contributed by atoms with Crippen molar-refractivity contribution in [3.8, 4) is 0 Å². The van der Waals surface area contributed by atoms with E-state index in [9.17, 15) is 27.2 Å². The summed E-state index contributed by atoms with van der Waals surface area (Å²) < 4.78 is 44.4. The number of carbonyl (C=O) groups excluding carboxylic acids is 3. The van der Waals surface area contributed by atoms with Gasteiger partial charge in [-0.05, 0) is 48.6 Å². The third kappa shape index (κ3) is 4.50. The van der Waals surface area contributed by atoms with Crippen LogP contribution in [0.4, 0.5) is 14.2 Å². The molecule has 1 aromatic heterocycles. The molecule has 1 unspecified atom stereocenters. The van der Waals surface area contributed by atoms with Gasteiger partial charge in [-0.3, -0.25) is 14.9 Å². The van der Waals surface area contributed by atoms with Crippen molar-refractivity contribution in [3.05, 3.63) is 47.1 Å². The van der Waals surface area contributed by atoms with Gasteiger partial charge in [0.05, 0.1) is 17.6 Å². The lowest BCUT2D eigenvalue weighted by molar-refractivity contribution is -0.119. The molecule has 9 nitrogen and oxygen atoms in total. The van der Waals surface area contributed by atoms with Crippen LogP contribution in [-0.2, 0) is 19.6 Å². The van der Waals surface area contributed by atoms with Crippen LogP contribution in [0.25, 0.3) is 0 Å². The van der Waals surface area contributed by atoms with Crippen LogP contribution in [-0.4, -0.2) is 50.3 Å². The van der Waals surface area contributed by atoms with E-state index >= 15 is 0 Å². The Hall–Kier alpha value is -2.83. The number of carbonyl (C=O) groups is 3. The number of ether oxygens (including phenoxy) is 1. The molecule has 0 aliphatic carbocycles. The van der Waals surface area contributed by atoms with Gasteiger partial charge in [-0.1, -0.05) is 0 Å². The number of alkyl carbamates (subject to hydrolysis) is 1. The fraction of sp³-hybridized carbons (Fsp3) is 0.278. The van der Waals surface area contributed by atoms with E-state index in [0.717, 1.165) is 47.0 Å². The molecule has 0 spiro atoms. The van der Waals surface area contributed by atoms with Crippen LogP contribution in [0.5, 0.6) is 0 Å². The highest BCUT2D eigenvalue weighted by Crippen LogP contribution is 2.29. The Labute approximate surface area is 175 Å². The first-order valence-electron chi connectivity index (χ1n) is 8.79. The largest absolute Gasteiger partial charge is 0.453 e. The summed E-state index contributed by atoms with van der Waals surface area (Å²) in [5.41, 5.74) is 0.0460. The number of nitrogens with one attached hydrogen (secondary N) is 2. The van der Waals surface area contributed by atoms with Gasteiger partial charge in [0.2, 0.25) is 15.9 Å². The molecule has 1 saturated heterocycles. The zero-order valence-electron chi connectivity index (χ0n) is 15.8. The Bertz CT molecular complexity index is 1070. The third-order valence-electron chi connectivity index (χ3n) is 4.47. The summed E-state index contributed by atoms with van der Waals surface area (Å²) in [6.45, 7) is 0.137. The third-order valence-corrected chi connectivity index (χ3v) is 7.23. The van der Waals surface area contributed by atoms with Crippen LogP contribution in [0.3, 0.4) is 0 Å². The Morgan fingerprint density at radius 2 is 1.90 bits per heavy atom. The van der Waals surface area contributed by atoms with Crippen molar-refractivity contribution >= 4 is 44.3 Å². The van der Waals surface area contributed by atoms with Crippen LogP contribution in [0.2, 0.25) is 0 Å². The van der Waals surface area contributed by atoms with Gasteiger partial charge in [0.25, 0.3) is 5.91 Å². The Morgan fingerprint density at radius 1 is 1.20 bits per heavy atom. The molecule has 30 heavy (non-hydrogen) atoms. The number of nitrogens with zero attached hydrogens (tertiary/aromatic N) is 1. The predicted molar refractivity (Wildman–Crippen MR) is 106 cm³/mol. The standard InChI is InChI=1S/C18H18FN3O6S2/c1-28-18(25)21-15(23)13-8-10-29-17(13)20-16(24)14-3-2-9-22(14)30(26,27)12-6-4-11(19)5-7-12/h4-8,10,14H,2-3,9H2,1H3,(H,20,24)(H,21,23,25). The van der Waals surface area contributed by atoms with E-state index in [1.54, 1.807) is 5.38 Å². The monoisotopic (exact) mass is 455 g/mol. The Morgan fingerprint density at radius 3 is 2.57 bits per heavy atom. The predicted octanol–water partition coefficient (Wildman–Crippen LogP) is 2.18. The molecule has 0 bridgehead atoms. The van der Waals surface area contributed by atoms with Gasteiger partial charge in [-0.15, -0.1) is 11.3 Å². The smallest absolute Gasteiger partial charge is 0.413 e. The van der Waals surface area contributed by atoms with Gasteiger partial charge < -0.3 is 10.1 Å². The van der Waals surface area contributed by atoms with Crippen LogP contribution in [0, 0.1) is 5.82 Å². The molecular weight excluding hydrogens is 437 g/mol. The van der Waals surface area contributed by atoms with Crippen LogP contribution in [0.1, 0.15) is 23.2 Å². The summed E-state index contributed by atoms with van der Waals surface area (Å²) >= 11 is 1.05. The van der Waals surface area contributed by atoms with E-state index in [4.69, 9.17) is 0 Å². The van der Waals surface area contributed by atoms with Crippen molar-refractivity contribution in [2.45, 2.75) is 23.8 Å². The number of benzene rings is 1. The van der Waals surface area contributed by atoms with Crippen molar-refractivity contribution in [1.29, 1.82) is 0 Å². The summed E-state index contributed by atoms with van der Waals surface area (Å²) in [5.74, 6) is -1.94. The van der Waals surface area contributed by atoms with Crippen LogP contribution in [0.15, 0.2) is 40.6 Å². The molecule has 0 saturated carbocycles. The fourth-order valence-corrected chi connectivity index (χ4v) is 5.47. The number of halogens is 1. The summed E-state index contributed by atoms with van der Waals surface area (Å²) in [6.07, 6.45) is -0.184. The van der Waals surface area contributed by atoms with E-state index in [1.165, 1.54) is 6.07 Å². The zero-order valence-corrected chi connectivity index (χ0v) is 17.4. The van der Waals surface area contributed by atoms with E-state index in [1.807, 2.05) is 5.32 Å². The average molecular weight is 455 g/mol. The minimum absolute atomic E-state index is 0.0460. The Kier molecular flexibility index (Phi) is 6.48. The highest BCUT2D eigenvalue weighted by Gasteiger charge is 2.39. The first kappa shape index (κ1) is 21.9. The number of thiophene rings is 1. The highest BCUT2D eigenvalue weighted by molar-refractivity contribution is 7.89. The second kappa shape index (κ2) is 8.90. The number of hydrogen-bond acceptors (Lipinski definition) is 7. The molecule has 1 aliphatic rings. The van der Waals surface area contributed by atoms with Gasteiger partial charge in [0.1, 0.15) is 16.9 Å². The van der Waals surface area contributed by atoms with Crippen LogP contribution < -0.4 is 10.6 Å². The second-order valence-corrected chi connectivity index (χ2v) is 9.13.